The van der Waals surface area contributed by atoms with Crippen LogP contribution in [0.1, 0.15) is 49.9 Å². The van der Waals surface area contributed by atoms with Gasteiger partial charge in [-0.2, -0.15) is 0 Å². The van der Waals surface area contributed by atoms with Crippen LogP contribution in [-0.2, 0) is 10.8 Å². The van der Waals surface area contributed by atoms with E-state index in [4.69, 9.17) is 0 Å². The molecule has 0 radical (unpaired) electrons. The molecule has 0 heterocycles. The van der Waals surface area contributed by atoms with Crippen molar-refractivity contribution in [3.05, 3.63) is 198 Å². The lowest BCUT2D eigenvalue weighted by Crippen LogP contribution is -2.17. The van der Waals surface area contributed by atoms with Crippen LogP contribution in [-0.4, -0.2) is 0 Å². The minimum atomic E-state index is -0.0919. The van der Waals surface area contributed by atoms with Gasteiger partial charge in [-0.05, 0) is 126 Å². The molecule has 53 heavy (non-hydrogen) atoms. The Morgan fingerprint density at radius 2 is 0.755 bits per heavy atom. The van der Waals surface area contributed by atoms with E-state index in [0.717, 1.165) is 11.4 Å². The van der Waals surface area contributed by atoms with Gasteiger partial charge in [-0.3, -0.25) is 0 Å². The predicted octanol–water partition coefficient (Wildman–Crippen LogP) is 14.3. The van der Waals surface area contributed by atoms with E-state index in [1.807, 2.05) is 0 Å². The van der Waals surface area contributed by atoms with E-state index >= 15 is 0 Å². The summed E-state index contributed by atoms with van der Waals surface area (Å²) >= 11 is 0. The predicted molar refractivity (Wildman–Crippen MR) is 225 cm³/mol. The Morgan fingerprint density at radius 1 is 0.302 bits per heavy atom. The molecule has 1 nitrogen and oxygen atoms in total. The first kappa shape index (κ1) is 31.5. The highest BCUT2D eigenvalue weighted by Gasteiger charge is 2.38. The van der Waals surface area contributed by atoms with E-state index in [0.29, 0.717) is 0 Å². The number of rotatable bonds is 5. The van der Waals surface area contributed by atoms with E-state index < -0.39 is 0 Å². The van der Waals surface area contributed by atoms with E-state index in [-0.39, 0.29) is 10.8 Å². The quantitative estimate of drug-likeness (QED) is 0.175. The maximum absolute atomic E-state index is 2.45. The second-order valence-electron chi connectivity index (χ2n) is 15.8. The van der Waals surface area contributed by atoms with Gasteiger partial charge in [0.2, 0.25) is 0 Å². The first-order valence-corrected chi connectivity index (χ1v) is 18.8. The largest absolute Gasteiger partial charge is 0.310 e. The molecule has 0 aromatic heterocycles. The van der Waals surface area contributed by atoms with Crippen LogP contribution in [0, 0.1) is 0 Å². The van der Waals surface area contributed by atoms with E-state index in [2.05, 4.69) is 209 Å². The van der Waals surface area contributed by atoms with Crippen molar-refractivity contribution in [2.45, 2.75) is 38.5 Å². The molecule has 0 spiro atoms. The Balaban J connectivity index is 1.10. The summed E-state index contributed by atoms with van der Waals surface area (Å²) in [4.78, 5) is 2.45. The topological polar surface area (TPSA) is 3.24 Å². The summed E-state index contributed by atoms with van der Waals surface area (Å²) < 4.78 is 0. The Kier molecular flexibility index (Phi) is 6.94. The Hall–Kier alpha value is -6.18. The Bertz CT molecular complexity index is 2700. The molecule has 0 N–H and O–H groups in total. The molecule has 0 fully saturated rings. The number of fused-ring (bicyclic) bond motifs is 7. The third-order valence-corrected chi connectivity index (χ3v) is 12.1. The number of nitrogens with zero attached hydrogens (tertiary/aromatic N) is 1. The summed E-state index contributed by atoms with van der Waals surface area (Å²) in [7, 11) is 0. The van der Waals surface area contributed by atoms with Crippen LogP contribution in [0.5, 0.6) is 0 Å². The minimum absolute atomic E-state index is 0.0842. The molecule has 254 valence electrons. The van der Waals surface area contributed by atoms with Crippen LogP contribution < -0.4 is 4.90 Å². The third kappa shape index (κ3) is 4.91. The van der Waals surface area contributed by atoms with Crippen molar-refractivity contribution in [1.29, 1.82) is 0 Å². The molecule has 0 bridgehead atoms. The van der Waals surface area contributed by atoms with Gasteiger partial charge in [0, 0.05) is 27.9 Å². The fourth-order valence-electron chi connectivity index (χ4n) is 9.13. The lowest BCUT2D eigenvalue weighted by atomic mass is 9.82. The van der Waals surface area contributed by atoms with E-state index in [9.17, 15) is 0 Å². The molecule has 0 saturated carbocycles. The molecule has 0 saturated heterocycles. The second-order valence-corrected chi connectivity index (χ2v) is 15.8. The van der Waals surface area contributed by atoms with Gasteiger partial charge in [-0.25, -0.2) is 0 Å². The van der Waals surface area contributed by atoms with Crippen molar-refractivity contribution < 1.29 is 0 Å². The highest BCUT2D eigenvalue weighted by atomic mass is 15.1. The molecule has 2 aliphatic carbocycles. The maximum atomic E-state index is 2.45. The SMILES string of the molecule is CC1(C)c2ccccc2-c2ccc(N(c3ccc(-c4ccc(-c5ccccc5)cc4)cc3)c3ccc4c(c3)-c3cc5ccccc5cc3C4(C)C)cc21. The Labute approximate surface area is 312 Å². The van der Waals surface area contributed by atoms with Crippen LogP contribution in [0.2, 0.25) is 0 Å². The van der Waals surface area contributed by atoms with Gasteiger partial charge in [-0.1, -0.05) is 155 Å². The Morgan fingerprint density at radius 3 is 1.45 bits per heavy atom. The van der Waals surface area contributed by atoms with Crippen LogP contribution in [0.25, 0.3) is 55.3 Å². The zero-order chi connectivity index (χ0) is 35.9. The molecular weight excluding hydrogens is 639 g/mol. The maximum Gasteiger partial charge on any atom is 0.0468 e. The van der Waals surface area contributed by atoms with Gasteiger partial charge < -0.3 is 4.90 Å². The third-order valence-electron chi connectivity index (χ3n) is 12.1. The van der Waals surface area contributed by atoms with Crippen LogP contribution in [0.4, 0.5) is 17.1 Å². The summed E-state index contributed by atoms with van der Waals surface area (Å²) in [6.45, 7) is 9.47. The van der Waals surface area contributed by atoms with Gasteiger partial charge in [0.1, 0.15) is 0 Å². The highest BCUT2D eigenvalue weighted by molar-refractivity contribution is 5.95. The second kappa shape index (κ2) is 11.7. The van der Waals surface area contributed by atoms with Crippen LogP contribution in [0.3, 0.4) is 0 Å². The molecule has 0 amide bonds. The van der Waals surface area contributed by atoms with Crippen molar-refractivity contribution >= 4 is 27.8 Å². The standard InChI is InChI=1S/C52H41N/c1-51(2)47-17-11-10-16-43(47)44-28-26-42(33-50(44)51)53(40-24-22-37(23-25-40)36-20-18-35(19-21-36)34-12-6-5-7-13-34)41-27-29-48-46(32-41)45-30-38-14-8-9-15-39(38)31-49(45)52(48,3)4/h5-33H,1-4H3. The van der Waals surface area contributed by atoms with Gasteiger partial charge in [0.15, 0.2) is 0 Å². The zero-order valence-electron chi connectivity index (χ0n) is 30.7. The molecule has 1 heteroatoms. The molecular formula is C52H41N. The molecule has 8 aromatic carbocycles. The van der Waals surface area contributed by atoms with Gasteiger partial charge >= 0.3 is 0 Å². The van der Waals surface area contributed by atoms with Crippen molar-refractivity contribution in [3.8, 4) is 44.5 Å². The fourth-order valence-corrected chi connectivity index (χ4v) is 9.13. The van der Waals surface area contributed by atoms with E-state index in [1.54, 1.807) is 0 Å². The normalized spacial score (nSPS) is 14.3. The monoisotopic (exact) mass is 679 g/mol. The summed E-state index contributed by atoms with van der Waals surface area (Å²) in [5, 5.41) is 2.58. The van der Waals surface area contributed by atoms with Crippen molar-refractivity contribution in [2.24, 2.45) is 0 Å². The summed E-state index contributed by atoms with van der Waals surface area (Å²) in [5.74, 6) is 0. The first-order valence-electron chi connectivity index (χ1n) is 18.8. The summed E-state index contributed by atoms with van der Waals surface area (Å²) in [5.41, 5.74) is 19.1. The molecule has 0 aliphatic heterocycles. The number of benzene rings is 8. The molecule has 2 aliphatic rings. The van der Waals surface area contributed by atoms with Gasteiger partial charge in [0.25, 0.3) is 0 Å². The minimum Gasteiger partial charge on any atom is -0.310 e. The van der Waals surface area contributed by atoms with Gasteiger partial charge in [-0.15, -0.1) is 0 Å². The van der Waals surface area contributed by atoms with Gasteiger partial charge in [0.05, 0.1) is 0 Å². The van der Waals surface area contributed by atoms with Crippen LogP contribution in [0.15, 0.2) is 176 Å². The molecule has 0 atom stereocenters. The summed E-state index contributed by atoms with van der Waals surface area (Å²) in [6, 6.07) is 65.3. The average molecular weight is 680 g/mol. The number of hydrogen-bond donors (Lipinski definition) is 0. The fraction of sp³-hybridized carbons (Fsp3) is 0.115. The number of anilines is 3. The average Bonchev–Trinajstić information content (AvgIpc) is 3.56. The van der Waals surface area contributed by atoms with Crippen LogP contribution >= 0.6 is 0 Å². The van der Waals surface area contributed by atoms with Crippen molar-refractivity contribution in [2.75, 3.05) is 4.90 Å². The lowest BCUT2D eigenvalue weighted by Gasteiger charge is -2.29. The highest BCUT2D eigenvalue weighted by Crippen LogP contribution is 2.53. The zero-order valence-corrected chi connectivity index (χ0v) is 30.7. The van der Waals surface area contributed by atoms with Crippen molar-refractivity contribution in [3.63, 3.8) is 0 Å². The smallest absolute Gasteiger partial charge is 0.0468 e. The molecule has 10 rings (SSSR count). The number of hydrogen-bond acceptors (Lipinski definition) is 1. The molecule has 8 aromatic rings. The lowest BCUT2D eigenvalue weighted by molar-refractivity contribution is 0.660. The van der Waals surface area contributed by atoms with E-state index in [1.165, 1.54) is 83.2 Å². The van der Waals surface area contributed by atoms with Crippen molar-refractivity contribution in [1.82, 2.24) is 0 Å². The first-order chi connectivity index (χ1) is 25.8. The summed E-state index contributed by atoms with van der Waals surface area (Å²) in [6.07, 6.45) is 0. The molecule has 0 unspecified atom stereocenters.